The summed E-state index contributed by atoms with van der Waals surface area (Å²) in [6, 6.07) is 21.7. The van der Waals surface area contributed by atoms with Crippen molar-refractivity contribution in [2.45, 2.75) is 26.6 Å². The van der Waals surface area contributed by atoms with Crippen molar-refractivity contribution in [3.8, 4) is 17.2 Å². The number of rotatable bonds is 10. The van der Waals surface area contributed by atoms with E-state index >= 15 is 0 Å². The summed E-state index contributed by atoms with van der Waals surface area (Å²) < 4.78 is 17.2. The first kappa shape index (κ1) is 21.0. The van der Waals surface area contributed by atoms with Crippen molar-refractivity contribution in [2.24, 2.45) is 0 Å². The molecule has 3 rings (SSSR count). The van der Waals surface area contributed by atoms with E-state index in [1.165, 1.54) is 0 Å². The third-order valence-corrected chi connectivity index (χ3v) is 4.83. The van der Waals surface area contributed by atoms with Crippen molar-refractivity contribution in [1.82, 2.24) is 5.32 Å². The van der Waals surface area contributed by atoms with Crippen LogP contribution in [0.1, 0.15) is 23.6 Å². The molecule has 29 heavy (non-hydrogen) atoms. The maximum Gasteiger partial charge on any atom is 0.163 e. The molecule has 152 valence electrons. The highest BCUT2D eigenvalue weighted by atomic mass is 35.5. The number of halogens is 1. The molecule has 0 aliphatic rings. The number of methoxy groups -OCH3 is 1. The Bertz CT molecular complexity index is 915. The Kier molecular flexibility index (Phi) is 7.79. The van der Waals surface area contributed by atoms with Crippen LogP contribution in [-0.2, 0) is 19.7 Å². The number of ether oxygens (including phenoxy) is 3. The Balaban J connectivity index is 1.68. The fraction of sp³-hybridized carbons (Fsp3) is 0.250. The highest BCUT2D eigenvalue weighted by Crippen LogP contribution is 2.34. The fourth-order valence-corrected chi connectivity index (χ4v) is 3.23. The van der Waals surface area contributed by atoms with Crippen LogP contribution in [0.5, 0.6) is 17.2 Å². The summed E-state index contributed by atoms with van der Waals surface area (Å²) in [7, 11) is 1.68. The zero-order valence-corrected chi connectivity index (χ0v) is 17.5. The average molecular weight is 412 g/mol. The molecule has 0 aliphatic heterocycles. The van der Waals surface area contributed by atoms with Crippen LogP contribution in [0.2, 0.25) is 5.02 Å². The van der Waals surface area contributed by atoms with E-state index in [4.69, 9.17) is 25.8 Å². The standard InChI is InChI=1S/C24H26ClNO3/c1-3-28-23-13-20(16-26-15-19-11-7-8-12-22(19)27-2)21(25)14-24(23)29-17-18-9-5-4-6-10-18/h4-14,26H,3,15-17H2,1-2H3. The monoisotopic (exact) mass is 411 g/mol. The maximum absolute atomic E-state index is 6.52. The minimum atomic E-state index is 0.461. The normalized spacial score (nSPS) is 10.6. The number of para-hydroxylation sites is 1. The molecule has 0 aromatic heterocycles. The molecule has 0 fully saturated rings. The Morgan fingerprint density at radius 1 is 0.793 bits per heavy atom. The van der Waals surface area contributed by atoms with Gasteiger partial charge in [0, 0.05) is 29.7 Å². The summed E-state index contributed by atoms with van der Waals surface area (Å²) in [5, 5.41) is 4.06. The molecule has 0 spiro atoms. The van der Waals surface area contributed by atoms with E-state index in [9.17, 15) is 0 Å². The summed E-state index contributed by atoms with van der Waals surface area (Å²) in [5.41, 5.74) is 3.14. The van der Waals surface area contributed by atoms with Crippen LogP contribution in [0.3, 0.4) is 0 Å². The highest BCUT2D eigenvalue weighted by Gasteiger charge is 2.12. The SMILES string of the molecule is CCOc1cc(CNCc2ccccc2OC)c(Cl)cc1OCc1ccccc1. The molecular formula is C24H26ClNO3. The predicted molar refractivity (Wildman–Crippen MR) is 117 cm³/mol. The molecule has 0 atom stereocenters. The minimum absolute atomic E-state index is 0.461. The lowest BCUT2D eigenvalue weighted by Crippen LogP contribution is -2.14. The first-order valence-corrected chi connectivity index (χ1v) is 10.0. The van der Waals surface area contributed by atoms with Gasteiger partial charge in [-0.15, -0.1) is 0 Å². The van der Waals surface area contributed by atoms with Crippen LogP contribution in [-0.4, -0.2) is 13.7 Å². The summed E-state index contributed by atoms with van der Waals surface area (Å²) in [5.74, 6) is 2.21. The van der Waals surface area contributed by atoms with Gasteiger partial charge < -0.3 is 19.5 Å². The van der Waals surface area contributed by atoms with Crippen LogP contribution in [0.25, 0.3) is 0 Å². The predicted octanol–water partition coefficient (Wildman–Crippen LogP) is 5.62. The molecule has 1 N–H and O–H groups in total. The van der Waals surface area contributed by atoms with Gasteiger partial charge >= 0.3 is 0 Å². The van der Waals surface area contributed by atoms with Gasteiger partial charge in [-0.25, -0.2) is 0 Å². The fourth-order valence-electron chi connectivity index (χ4n) is 3.01. The maximum atomic E-state index is 6.52. The number of hydrogen-bond donors (Lipinski definition) is 1. The van der Waals surface area contributed by atoms with Gasteiger partial charge in [-0.3, -0.25) is 0 Å². The Hall–Kier alpha value is -2.69. The summed E-state index contributed by atoms with van der Waals surface area (Å²) in [6.07, 6.45) is 0. The van der Waals surface area contributed by atoms with Gasteiger partial charge in [0.15, 0.2) is 11.5 Å². The van der Waals surface area contributed by atoms with E-state index < -0.39 is 0 Å². The van der Waals surface area contributed by atoms with E-state index in [0.29, 0.717) is 42.8 Å². The molecule has 0 amide bonds. The lowest BCUT2D eigenvalue weighted by Gasteiger charge is -2.16. The van der Waals surface area contributed by atoms with Gasteiger partial charge in [0.1, 0.15) is 12.4 Å². The third kappa shape index (κ3) is 5.89. The lowest BCUT2D eigenvalue weighted by molar-refractivity contribution is 0.269. The van der Waals surface area contributed by atoms with Crippen molar-refractivity contribution in [3.63, 3.8) is 0 Å². The quantitative estimate of drug-likeness (QED) is 0.470. The molecule has 3 aromatic rings. The Morgan fingerprint density at radius 2 is 1.48 bits per heavy atom. The first-order valence-electron chi connectivity index (χ1n) is 9.65. The molecule has 4 nitrogen and oxygen atoms in total. The van der Waals surface area contributed by atoms with Crippen LogP contribution < -0.4 is 19.5 Å². The third-order valence-electron chi connectivity index (χ3n) is 4.47. The van der Waals surface area contributed by atoms with Crippen molar-refractivity contribution < 1.29 is 14.2 Å². The smallest absolute Gasteiger partial charge is 0.163 e. The molecule has 0 saturated heterocycles. The van der Waals surface area contributed by atoms with Crippen molar-refractivity contribution in [3.05, 3.63) is 88.4 Å². The number of hydrogen-bond acceptors (Lipinski definition) is 4. The molecule has 0 heterocycles. The van der Waals surface area contributed by atoms with Crippen molar-refractivity contribution in [2.75, 3.05) is 13.7 Å². The van der Waals surface area contributed by atoms with E-state index in [1.54, 1.807) is 7.11 Å². The summed E-state index contributed by atoms with van der Waals surface area (Å²) in [4.78, 5) is 0. The second-order valence-corrected chi connectivity index (χ2v) is 6.92. The number of benzene rings is 3. The number of nitrogens with one attached hydrogen (secondary N) is 1. The van der Waals surface area contributed by atoms with Gasteiger partial charge in [0.05, 0.1) is 13.7 Å². The molecule has 0 aliphatic carbocycles. The second-order valence-electron chi connectivity index (χ2n) is 6.51. The lowest BCUT2D eigenvalue weighted by atomic mass is 10.1. The van der Waals surface area contributed by atoms with E-state index in [2.05, 4.69) is 5.32 Å². The van der Waals surface area contributed by atoms with E-state index in [0.717, 1.165) is 22.4 Å². The van der Waals surface area contributed by atoms with Gasteiger partial charge in [0.25, 0.3) is 0 Å². The van der Waals surface area contributed by atoms with E-state index in [1.807, 2.05) is 73.7 Å². The second kappa shape index (κ2) is 10.7. The largest absolute Gasteiger partial charge is 0.496 e. The first-order chi connectivity index (χ1) is 14.2. The summed E-state index contributed by atoms with van der Waals surface area (Å²) in [6.45, 7) is 4.25. The minimum Gasteiger partial charge on any atom is -0.496 e. The molecular weight excluding hydrogens is 386 g/mol. The average Bonchev–Trinajstić information content (AvgIpc) is 2.76. The highest BCUT2D eigenvalue weighted by molar-refractivity contribution is 6.31. The molecule has 0 radical (unpaired) electrons. The van der Waals surface area contributed by atoms with Gasteiger partial charge in [0.2, 0.25) is 0 Å². The van der Waals surface area contributed by atoms with Gasteiger partial charge in [-0.05, 0) is 30.2 Å². The van der Waals surface area contributed by atoms with Crippen molar-refractivity contribution >= 4 is 11.6 Å². The Labute approximate surface area is 177 Å². The molecule has 0 saturated carbocycles. The topological polar surface area (TPSA) is 39.7 Å². The van der Waals surface area contributed by atoms with E-state index in [-0.39, 0.29) is 0 Å². The van der Waals surface area contributed by atoms with Gasteiger partial charge in [-0.1, -0.05) is 60.1 Å². The zero-order chi connectivity index (χ0) is 20.5. The zero-order valence-electron chi connectivity index (χ0n) is 16.8. The Morgan fingerprint density at radius 3 is 2.24 bits per heavy atom. The molecule has 5 heteroatoms. The van der Waals surface area contributed by atoms with Crippen molar-refractivity contribution in [1.29, 1.82) is 0 Å². The van der Waals surface area contributed by atoms with Crippen LogP contribution in [0.15, 0.2) is 66.7 Å². The van der Waals surface area contributed by atoms with Gasteiger partial charge in [-0.2, -0.15) is 0 Å². The molecule has 0 unspecified atom stereocenters. The summed E-state index contributed by atoms with van der Waals surface area (Å²) >= 11 is 6.52. The molecule has 0 bridgehead atoms. The van der Waals surface area contributed by atoms with Crippen LogP contribution in [0, 0.1) is 0 Å². The van der Waals surface area contributed by atoms with Crippen LogP contribution >= 0.6 is 11.6 Å². The molecule has 3 aromatic carbocycles. The van der Waals surface area contributed by atoms with Crippen LogP contribution in [0.4, 0.5) is 0 Å².